The van der Waals surface area contributed by atoms with Crippen molar-refractivity contribution in [2.45, 2.75) is 51.6 Å². The SMILES string of the molecule is C[C@H](NCc1c(O)cccc1Cl)C1CCCCC1. The van der Waals surface area contributed by atoms with Gasteiger partial charge in [0.1, 0.15) is 5.75 Å². The highest BCUT2D eigenvalue weighted by molar-refractivity contribution is 6.31. The summed E-state index contributed by atoms with van der Waals surface area (Å²) >= 11 is 6.10. The average Bonchev–Trinajstić information content (AvgIpc) is 2.39. The van der Waals surface area contributed by atoms with Crippen LogP contribution in [0.15, 0.2) is 18.2 Å². The zero-order valence-electron chi connectivity index (χ0n) is 11.0. The summed E-state index contributed by atoms with van der Waals surface area (Å²) in [6.07, 6.45) is 6.74. The van der Waals surface area contributed by atoms with Crippen LogP contribution in [0, 0.1) is 5.92 Å². The normalized spacial score (nSPS) is 18.8. The number of phenolic OH excluding ortho intramolecular Hbond substituents is 1. The van der Waals surface area contributed by atoms with Crippen molar-refractivity contribution in [3.05, 3.63) is 28.8 Å². The molecule has 3 heteroatoms. The maximum atomic E-state index is 9.79. The number of rotatable bonds is 4. The summed E-state index contributed by atoms with van der Waals surface area (Å²) in [7, 11) is 0. The number of phenols is 1. The molecule has 100 valence electrons. The third-order valence-electron chi connectivity index (χ3n) is 4.05. The second-order valence-corrected chi connectivity index (χ2v) is 5.71. The molecule has 0 saturated heterocycles. The van der Waals surface area contributed by atoms with Crippen molar-refractivity contribution in [3.63, 3.8) is 0 Å². The van der Waals surface area contributed by atoms with Gasteiger partial charge in [0.05, 0.1) is 0 Å². The highest BCUT2D eigenvalue weighted by Gasteiger charge is 2.20. The van der Waals surface area contributed by atoms with Gasteiger partial charge >= 0.3 is 0 Å². The fourth-order valence-corrected chi connectivity index (χ4v) is 3.02. The van der Waals surface area contributed by atoms with Gasteiger partial charge in [-0.3, -0.25) is 0 Å². The molecule has 0 spiro atoms. The molecular weight excluding hydrogens is 246 g/mol. The number of hydrogen-bond acceptors (Lipinski definition) is 2. The maximum Gasteiger partial charge on any atom is 0.121 e. The molecule has 0 radical (unpaired) electrons. The molecule has 0 amide bonds. The zero-order valence-corrected chi connectivity index (χ0v) is 11.7. The lowest BCUT2D eigenvalue weighted by atomic mass is 9.84. The van der Waals surface area contributed by atoms with Gasteiger partial charge in [0.25, 0.3) is 0 Å². The van der Waals surface area contributed by atoms with E-state index >= 15 is 0 Å². The van der Waals surface area contributed by atoms with Gasteiger partial charge in [0, 0.05) is 23.2 Å². The lowest BCUT2D eigenvalue weighted by molar-refractivity contribution is 0.280. The Morgan fingerprint density at radius 3 is 2.72 bits per heavy atom. The first-order valence-corrected chi connectivity index (χ1v) is 7.26. The molecular formula is C15H22ClNO. The Balaban J connectivity index is 1.90. The number of aromatic hydroxyl groups is 1. The van der Waals surface area contributed by atoms with Crippen LogP contribution in [-0.2, 0) is 6.54 Å². The highest BCUT2D eigenvalue weighted by atomic mass is 35.5. The Morgan fingerprint density at radius 1 is 1.33 bits per heavy atom. The van der Waals surface area contributed by atoms with Crippen LogP contribution in [0.4, 0.5) is 0 Å². The van der Waals surface area contributed by atoms with Crippen molar-refractivity contribution >= 4 is 11.6 Å². The van der Waals surface area contributed by atoms with E-state index in [2.05, 4.69) is 12.2 Å². The third-order valence-corrected chi connectivity index (χ3v) is 4.41. The van der Waals surface area contributed by atoms with Gasteiger partial charge in [-0.15, -0.1) is 0 Å². The maximum absolute atomic E-state index is 9.79. The lowest BCUT2D eigenvalue weighted by Gasteiger charge is -2.28. The second kappa shape index (κ2) is 6.44. The van der Waals surface area contributed by atoms with Crippen LogP contribution in [0.5, 0.6) is 5.75 Å². The molecule has 1 aromatic carbocycles. The van der Waals surface area contributed by atoms with Gasteiger partial charge in [-0.25, -0.2) is 0 Å². The number of halogens is 1. The molecule has 2 N–H and O–H groups in total. The van der Waals surface area contributed by atoms with Crippen LogP contribution < -0.4 is 5.32 Å². The van der Waals surface area contributed by atoms with E-state index in [9.17, 15) is 5.11 Å². The van der Waals surface area contributed by atoms with Crippen LogP contribution >= 0.6 is 11.6 Å². The predicted octanol–water partition coefficient (Wildman–Crippen LogP) is 4.10. The molecule has 1 aliphatic carbocycles. The van der Waals surface area contributed by atoms with Gasteiger partial charge in [-0.2, -0.15) is 0 Å². The molecule has 0 aromatic heterocycles. The molecule has 1 aliphatic rings. The first kappa shape index (κ1) is 13.7. The molecule has 1 aromatic rings. The molecule has 2 rings (SSSR count). The standard InChI is InChI=1S/C15H22ClNO/c1-11(12-6-3-2-4-7-12)17-10-13-14(16)8-5-9-15(13)18/h5,8-9,11-12,17-18H,2-4,6-7,10H2,1H3/t11-/m0/s1. The van der Waals surface area contributed by atoms with E-state index in [1.165, 1.54) is 32.1 Å². The monoisotopic (exact) mass is 267 g/mol. The summed E-state index contributed by atoms with van der Waals surface area (Å²) < 4.78 is 0. The fraction of sp³-hybridized carbons (Fsp3) is 0.600. The topological polar surface area (TPSA) is 32.3 Å². The highest BCUT2D eigenvalue weighted by Crippen LogP contribution is 2.28. The Kier molecular flexibility index (Phi) is 4.90. The Hall–Kier alpha value is -0.730. The van der Waals surface area contributed by atoms with Crippen molar-refractivity contribution in [2.75, 3.05) is 0 Å². The van der Waals surface area contributed by atoms with Crippen LogP contribution in [0.2, 0.25) is 5.02 Å². The van der Waals surface area contributed by atoms with Gasteiger partial charge in [-0.1, -0.05) is 36.9 Å². The number of nitrogens with one attached hydrogen (secondary N) is 1. The lowest BCUT2D eigenvalue weighted by Crippen LogP contribution is -2.34. The smallest absolute Gasteiger partial charge is 0.121 e. The van der Waals surface area contributed by atoms with Gasteiger partial charge in [0.15, 0.2) is 0 Å². The molecule has 2 nitrogen and oxygen atoms in total. The van der Waals surface area contributed by atoms with Crippen molar-refractivity contribution in [3.8, 4) is 5.75 Å². The first-order chi connectivity index (χ1) is 8.68. The van der Waals surface area contributed by atoms with Gasteiger partial charge < -0.3 is 10.4 Å². The summed E-state index contributed by atoms with van der Waals surface area (Å²) in [6.45, 7) is 2.88. The van der Waals surface area contributed by atoms with Crippen molar-refractivity contribution < 1.29 is 5.11 Å². The van der Waals surface area contributed by atoms with Crippen molar-refractivity contribution in [2.24, 2.45) is 5.92 Å². The summed E-state index contributed by atoms with van der Waals surface area (Å²) in [6, 6.07) is 5.77. The van der Waals surface area contributed by atoms with E-state index in [0.29, 0.717) is 17.6 Å². The van der Waals surface area contributed by atoms with E-state index in [-0.39, 0.29) is 5.75 Å². The van der Waals surface area contributed by atoms with E-state index in [1.807, 2.05) is 6.07 Å². The Morgan fingerprint density at radius 2 is 2.06 bits per heavy atom. The van der Waals surface area contributed by atoms with E-state index in [4.69, 9.17) is 11.6 Å². The molecule has 18 heavy (non-hydrogen) atoms. The number of benzene rings is 1. The molecule has 1 atom stereocenters. The molecule has 1 fully saturated rings. The summed E-state index contributed by atoms with van der Waals surface area (Å²) in [5, 5.41) is 13.9. The van der Waals surface area contributed by atoms with Crippen molar-refractivity contribution in [1.82, 2.24) is 5.32 Å². The first-order valence-electron chi connectivity index (χ1n) is 6.88. The minimum atomic E-state index is 0.283. The molecule has 0 heterocycles. The minimum Gasteiger partial charge on any atom is -0.508 e. The van der Waals surface area contributed by atoms with E-state index in [1.54, 1.807) is 12.1 Å². The summed E-state index contributed by atoms with van der Waals surface area (Å²) in [5.74, 6) is 1.05. The quantitative estimate of drug-likeness (QED) is 0.861. The van der Waals surface area contributed by atoms with Crippen LogP contribution in [0.3, 0.4) is 0 Å². The average molecular weight is 268 g/mol. The van der Waals surface area contributed by atoms with Crippen LogP contribution in [0.1, 0.15) is 44.6 Å². The van der Waals surface area contributed by atoms with Gasteiger partial charge in [0.2, 0.25) is 0 Å². The number of hydrogen-bond donors (Lipinski definition) is 2. The van der Waals surface area contributed by atoms with E-state index in [0.717, 1.165) is 11.5 Å². The molecule has 0 unspecified atom stereocenters. The minimum absolute atomic E-state index is 0.283. The molecule has 0 aliphatic heterocycles. The summed E-state index contributed by atoms with van der Waals surface area (Å²) in [5.41, 5.74) is 0.807. The largest absolute Gasteiger partial charge is 0.508 e. The van der Waals surface area contributed by atoms with E-state index < -0.39 is 0 Å². The van der Waals surface area contributed by atoms with Gasteiger partial charge in [-0.05, 0) is 37.8 Å². The Labute approximate surface area is 114 Å². The predicted molar refractivity (Wildman–Crippen MR) is 76.0 cm³/mol. The molecule has 0 bridgehead atoms. The van der Waals surface area contributed by atoms with Crippen LogP contribution in [0.25, 0.3) is 0 Å². The van der Waals surface area contributed by atoms with Crippen LogP contribution in [-0.4, -0.2) is 11.1 Å². The summed E-state index contributed by atoms with van der Waals surface area (Å²) in [4.78, 5) is 0. The molecule has 1 saturated carbocycles. The second-order valence-electron chi connectivity index (χ2n) is 5.31. The Bertz CT molecular complexity index is 368. The third kappa shape index (κ3) is 3.39. The van der Waals surface area contributed by atoms with Crippen molar-refractivity contribution in [1.29, 1.82) is 0 Å². The zero-order chi connectivity index (χ0) is 13.0. The fourth-order valence-electron chi connectivity index (χ4n) is 2.79.